The molecule has 0 unspecified atom stereocenters. The summed E-state index contributed by atoms with van der Waals surface area (Å²) in [5.41, 5.74) is 6.82. The molecule has 0 radical (unpaired) electrons. The second-order valence-electron chi connectivity index (χ2n) is 9.51. The van der Waals surface area contributed by atoms with Crippen molar-refractivity contribution < 1.29 is 4.57 Å². The number of fused-ring (bicyclic) bond motifs is 4. The smallest absolute Gasteiger partial charge is 0.200 e. The monoisotopic (exact) mass is 410 g/mol. The minimum Gasteiger partial charge on any atom is -0.200 e. The fourth-order valence-corrected chi connectivity index (χ4v) is 6.08. The SMILES string of the molecule is Cc1ccc2c(c1)sc1c(-c3cc(C(C)(C)C)c4ccccc4c3C)[n+](C)ccc12. The van der Waals surface area contributed by atoms with Gasteiger partial charge in [0.05, 0.1) is 5.56 Å². The zero-order valence-electron chi connectivity index (χ0n) is 18.6. The lowest BCUT2D eigenvalue weighted by molar-refractivity contribution is -0.659. The van der Waals surface area contributed by atoms with Crippen molar-refractivity contribution in [1.82, 2.24) is 0 Å². The molecular weight excluding hydrogens is 382 g/mol. The number of pyridine rings is 1. The van der Waals surface area contributed by atoms with Gasteiger partial charge in [0.15, 0.2) is 6.20 Å². The van der Waals surface area contributed by atoms with E-state index in [0.717, 1.165) is 0 Å². The number of thiophene rings is 1. The summed E-state index contributed by atoms with van der Waals surface area (Å²) < 4.78 is 5.04. The maximum atomic E-state index is 2.45. The molecule has 2 heterocycles. The van der Waals surface area contributed by atoms with Gasteiger partial charge in [-0.1, -0.05) is 57.2 Å². The second kappa shape index (κ2) is 6.65. The Balaban J connectivity index is 1.94. The Morgan fingerprint density at radius 3 is 2.27 bits per heavy atom. The minimum absolute atomic E-state index is 0.0752. The van der Waals surface area contributed by atoms with Gasteiger partial charge in [0.25, 0.3) is 0 Å². The van der Waals surface area contributed by atoms with E-state index >= 15 is 0 Å². The summed E-state index contributed by atoms with van der Waals surface area (Å²) in [6.45, 7) is 11.4. The van der Waals surface area contributed by atoms with Crippen LogP contribution in [0.5, 0.6) is 0 Å². The van der Waals surface area contributed by atoms with Crippen molar-refractivity contribution in [3.8, 4) is 11.3 Å². The third-order valence-corrected chi connectivity index (χ3v) is 7.47. The van der Waals surface area contributed by atoms with Crippen molar-refractivity contribution in [2.45, 2.75) is 40.0 Å². The average molecular weight is 411 g/mol. The van der Waals surface area contributed by atoms with E-state index in [2.05, 4.69) is 107 Å². The molecule has 0 fully saturated rings. The average Bonchev–Trinajstić information content (AvgIpc) is 3.05. The Kier molecular flexibility index (Phi) is 4.27. The van der Waals surface area contributed by atoms with E-state index in [-0.39, 0.29) is 5.41 Å². The highest BCUT2D eigenvalue weighted by molar-refractivity contribution is 7.26. The molecule has 0 bridgehead atoms. The topological polar surface area (TPSA) is 3.88 Å². The maximum absolute atomic E-state index is 2.45. The lowest BCUT2D eigenvalue weighted by atomic mass is 9.80. The van der Waals surface area contributed by atoms with E-state index in [4.69, 9.17) is 0 Å². The molecule has 30 heavy (non-hydrogen) atoms. The maximum Gasteiger partial charge on any atom is 0.230 e. The van der Waals surface area contributed by atoms with Gasteiger partial charge < -0.3 is 0 Å². The van der Waals surface area contributed by atoms with Gasteiger partial charge in [0, 0.05) is 21.5 Å². The highest BCUT2D eigenvalue weighted by Gasteiger charge is 2.25. The summed E-state index contributed by atoms with van der Waals surface area (Å²) in [6.07, 6.45) is 2.22. The van der Waals surface area contributed by atoms with E-state index in [1.165, 1.54) is 58.9 Å². The lowest BCUT2D eigenvalue weighted by Gasteiger charge is -2.24. The number of hydrogen-bond acceptors (Lipinski definition) is 1. The third-order valence-electron chi connectivity index (χ3n) is 6.29. The van der Waals surface area contributed by atoms with Crippen molar-refractivity contribution in [3.63, 3.8) is 0 Å². The Labute approximate surface area is 182 Å². The molecule has 0 spiro atoms. The van der Waals surface area contributed by atoms with E-state index in [9.17, 15) is 0 Å². The van der Waals surface area contributed by atoms with Crippen LogP contribution in [-0.4, -0.2) is 0 Å². The van der Waals surface area contributed by atoms with E-state index in [1.807, 2.05) is 11.3 Å². The molecule has 5 rings (SSSR count). The van der Waals surface area contributed by atoms with Crippen molar-refractivity contribution in [1.29, 1.82) is 0 Å². The number of aryl methyl sites for hydroxylation is 3. The van der Waals surface area contributed by atoms with Crippen LogP contribution in [0, 0.1) is 13.8 Å². The van der Waals surface area contributed by atoms with E-state index in [1.54, 1.807) is 0 Å². The third kappa shape index (κ3) is 2.86. The predicted molar refractivity (Wildman–Crippen MR) is 132 cm³/mol. The van der Waals surface area contributed by atoms with Crippen molar-refractivity contribution in [2.24, 2.45) is 7.05 Å². The molecule has 0 aliphatic rings. The number of hydrogen-bond donors (Lipinski definition) is 0. The number of aromatic nitrogens is 1. The van der Waals surface area contributed by atoms with Crippen LogP contribution < -0.4 is 4.57 Å². The summed E-state index contributed by atoms with van der Waals surface area (Å²) in [5, 5.41) is 5.44. The van der Waals surface area contributed by atoms with Crippen LogP contribution in [0.1, 0.15) is 37.5 Å². The van der Waals surface area contributed by atoms with Crippen LogP contribution in [0.2, 0.25) is 0 Å². The summed E-state index contributed by atoms with van der Waals surface area (Å²) in [5.74, 6) is 0. The van der Waals surface area contributed by atoms with Crippen LogP contribution in [0.4, 0.5) is 0 Å². The molecule has 0 aliphatic carbocycles. The zero-order valence-corrected chi connectivity index (χ0v) is 19.4. The Bertz CT molecular complexity index is 1450. The highest BCUT2D eigenvalue weighted by atomic mass is 32.1. The van der Waals surface area contributed by atoms with Gasteiger partial charge in [-0.3, -0.25) is 0 Å². The lowest BCUT2D eigenvalue weighted by Crippen LogP contribution is -2.30. The molecule has 2 heteroatoms. The second-order valence-corrected chi connectivity index (χ2v) is 10.6. The minimum atomic E-state index is 0.0752. The molecule has 0 aliphatic heterocycles. The van der Waals surface area contributed by atoms with Gasteiger partial charge in [0.1, 0.15) is 11.7 Å². The molecule has 5 aromatic rings. The first-order chi connectivity index (χ1) is 14.3. The quantitative estimate of drug-likeness (QED) is 0.250. The molecule has 150 valence electrons. The molecule has 0 atom stereocenters. The molecular formula is C28H28NS+. The van der Waals surface area contributed by atoms with Gasteiger partial charge in [0.2, 0.25) is 5.69 Å². The van der Waals surface area contributed by atoms with Crippen LogP contribution in [0.15, 0.2) is 60.8 Å². The number of nitrogens with zero attached hydrogens (tertiary/aromatic N) is 1. The molecule has 0 saturated heterocycles. The Morgan fingerprint density at radius 2 is 1.53 bits per heavy atom. The van der Waals surface area contributed by atoms with Gasteiger partial charge in [-0.15, -0.1) is 11.3 Å². The van der Waals surface area contributed by atoms with Crippen LogP contribution in [0.25, 0.3) is 42.2 Å². The predicted octanol–water partition coefficient (Wildman–Crippen LogP) is 7.61. The van der Waals surface area contributed by atoms with Gasteiger partial charge in [-0.2, -0.15) is 4.57 Å². The summed E-state index contributed by atoms with van der Waals surface area (Å²) in [4.78, 5) is 0. The summed E-state index contributed by atoms with van der Waals surface area (Å²) in [6, 6.07) is 20.4. The van der Waals surface area contributed by atoms with Crippen molar-refractivity contribution in [3.05, 3.63) is 77.5 Å². The normalized spacial score (nSPS) is 12.3. The van der Waals surface area contributed by atoms with Crippen LogP contribution >= 0.6 is 11.3 Å². The molecule has 3 aromatic carbocycles. The fraction of sp³-hybridized carbons (Fsp3) is 0.250. The van der Waals surface area contributed by atoms with E-state index < -0.39 is 0 Å². The first-order valence-electron chi connectivity index (χ1n) is 10.6. The van der Waals surface area contributed by atoms with Crippen LogP contribution in [-0.2, 0) is 12.5 Å². The van der Waals surface area contributed by atoms with Gasteiger partial charge in [-0.25, -0.2) is 0 Å². The van der Waals surface area contributed by atoms with Crippen LogP contribution in [0.3, 0.4) is 0 Å². The van der Waals surface area contributed by atoms with Gasteiger partial charge in [-0.05, 0) is 58.9 Å². The standard InChI is InChI=1S/C28H28NS/c1-17-11-12-21-22-13-14-29(6)26(27(22)30-25(21)15-17)23-16-24(28(3,4)5)20-10-8-7-9-19(20)18(23)2/h7-16H,1-6H3/q+1. The van der Waals surface area contributed by atoms with Gasteiger partial charge >= 0.3 is 0 Å². The first kappa shape index (κ1) is 19.3. The number of benzene rings is 3. The molecule has 0 N–H and O–H groups in total. The summed E-state index contributed by atoms with van der Waals surface area (Å²) >= 11 is 1.92. The fourth-order valence-electron chi connectivity index (χ4n) is 4.69. The first-order valence-corrected chi connectivity index (χ1v) is 11.4. The van der Waals surface area contributed by atoms with E-state index in [0.29, 0.717) is 0 Å². The number of rotatable bonds is 1. The molecule has 1 nitrogen and oxygen atoms in total. The largest absolute Gasteiger partial charge is 0.230 e. The Morgan fingerprint density at radius 1 is 0.800 bits per heavy atom. The zero-order chi connectivity index (χ0) is 21.2. The Hall–Kier alpha value is -2.71. The highest BCUT2D eigenvalue weighted by Crippen LogP contribution is 2.42. The summed E-state index contributed by atoms with van der Waals surface area (Å²) in [7, 11) is 2.18. The molecule has 0 saturated carbocycles. The molecule has 2 aromatic heterocycles. The van der Waals surface area contributed by atoms with Crippen molar-refractivity contribution in [2.75, 3.05) is 0 Å². The van der Waals surface area contributed by atoms with Crippen molar-refractivity contribution >= 4 is 42.3 Å². The molecule has 0 amide bonds.